The second-order valence-electron chi connectivity index (χ2n) is 8.05. The lowest BCUT2D eigenvalue weighted by Crippen LogP contribution is -2.48. The Labute approximate surface area is 212 Å². The average molecular weight is 526 g/mol. The molecular weight excluding hydrogens is 497 g/mol. The van der Waals surface area contributed by atoms with Gasteiger partial charge in [0.25, 0.3) is 0 Å². The number of hydrogen-bond acceptors (Lipinski definition) is 8. The summed E-state index contributed by atoms with van der Waals surface area (Å²) in [5.41, 5.74) is 1.53. The molecule has 0 aliphatic carbocycles. The van der Waals surface area contributed by atoms with E-state index in [1.54, 1.807) is 32.9 Å². The normalized spacial score (nSPS) is 14.5. The van der Waals surface area contributed by atoms with Gasteiger partial charge in [-0.1, -0.05) is 17.7 Å². The van der Waals surface area contributed by atoms with E-state index < -0.39 is 17.8 Å². The van der Waals surface area contributed by atoms with Gasteiger partial charge in [-0.25, -0.2) is 14.0 Å². The van der Waals surface area contributed by atoms with Gasteiger partial charge in [-0.3, -0.25) is 14.6 Å². The van der Waals surface area contributed by atoms with Crippen molar-refractivity contribution in [2.45, 2.75) is 27.3 Å². The minimum Gasteiger partial charge on any atom is -0.462 e. The minimum absolute atomic E-state index is 0.106. The Morgan fingerprint density at radius 3 is 2.31 bits per heavy atom. The molecule has 3 rings (SSSR count). The van der Waals surface area contributed by atoms with Crippen LogP contribution in [0.4, 0.5) is 9.39 Å². The molecule has 1 amide bonds. The zero-order valence-corrected chi connectivity index (χ0v) is 21.6. The Balaban J connectivity index is 1.60. The number of rotatable bonds is 9. The van der Waals surface area contributed by atoms with Gasteiger partial charge in [0.15, 0.2) is 0 Å². The number of esters is 2. The number of thiophene rings is 1. The summed E-state index contributed by atoms with van der Waals surface area (Å²) in [5, 5.41) is 3.17. The zero-order valence-electron chi connectivity index (χ0n) is 20.0. The average Bonchev–Trinajstić information content (AvgIpc) is 3.13. The number of nitrogens with zero attached hydrogens (tertiary/aromatic N) is 2. The van der Waals surface area contributed by atoms with Crippen LogP contribution in [0.1, 0.15) is 45.0 Å². The van der Waals surface area contributed by atoms with Crippen LogP contribution in [0.25, 0.3) is 0 Å². The first kappa shape index (κ1) is 27.1. The first-order valence-corrected chi connectivity index (χ1v) is 12.6. The third kappa shape index (κ3) is 7.00. The smallest absolute Gasteiger partial charge is 0.348 e. The summed E-state index contributed by atoms with van der Waals surface area (Å²) < 4.78 is 23.6. The molecule has 11 heteroatoms. The largest absolute Gasteiger partial charge is 0.462 e. The maximum Gasteiger partial charge on any atom is 0.348 e. The third-order valence-corrected chi connectivity index (χ3v) is 7.04. The van der Waals surface area contributed by atoms with E-state index in [1.165, 1.54) is 6.07 Å². The van der Waals surface area contributed by atoms with Gasteiger partial charge in [0.1, 0.15) is 15.7 Å². The van der Waals surface area contributed by atoms with E-state index in [9.17, 15) is 18.8 Å². The lowest BCUT2D eigenvalue weighted by molar-refractivity contribution is -0.117. The molecule has 1 fully saturated rings. The number of nitrogens with one attached hydrogen (secondary N) is 1. The Morgan fingerprint density at radius 2 is 1.69 bits per heavy atom. The van der Waals surface area contributed by atoms with Gasteiger partial charge >= 0.3 is 11.9 Å². The van der Waals surface area contributed by atoms with Crippen LogP contribution < -0.4 is 5.32 Å². The van der Waals surface area contributed by atoms with Gasteiger partial charge < -0.3 is 14.8 Å². The van der Waals surface area contributed by atoms with Crippen molar-refractivity contribution in [1.29, 1.82) is 0 Å². The Hall–Kier alpha value is -2.53. The highest BCUT2D eigenvalue weighted by molar-refractivity contribution is 7.18. The maximum absolute atomic E-state index is 13.4. The van der Waals surface area contributed by atoms with E-state index in [0.29, 0.717) is 25.2 Å². The highest BCUT2D eigenvalue weighted by Crippen LogP contribution is 2.34. The third-order valence-electron chi connectivity index (χ3n) is 5.56. The van der Waals surface area contributed by atoms with Crippen molar-refractivity contribution in [3.8, 4) is 0 Å². The fourth-order valence-electron chi connectivity index (χ4n) is 3.81. The van der Waals surface area contributed by atoms with Crippen LogP contribution in [0, 0.1) is 12.7 Å². The molecule has 1 saturated heterocycles. The fourth-order valence-corrected chi connectivity index (χ4v) is 5.12. The van der Waals surface area contributed by atoms with Gasteiger partial charge in [-0.05, 0) is 44.0 Å². The van der Waals surface area contributed by atoms with Gasteiger partial charge in [0.05, 0.1) is 30.3 Å². The lowest BCUT2D eigenvalue weighted by Gasteiger charge is -2.34. The van der Waals surface area contributed by atoms with E-state index in [1.807, 2.05) is 4.90 Å². The molecule has 0 unspecified atom stereocenters. The van der Waals surface area contributed by atoms with E-state index >= 15 is 0 Å². The van der Waals surface area contributed by atoms with Crippen molar-refractivity contribution in [3.63, 3.8) is 0 Å². The molecule has 2 heterocycles. The molecule has 1 aliphatic heterocycles. The van der Waals surface area contributed by atoms with Crippen LogP contribution in [0.5, 0.6) is 0 Å². The van der Waals surface area contributed by atoms with E-state index in [4.69, 9.17) is 21.1 Å². The van der Waals surface area contributed by atoms with Crippen LogP contribution >= 0.6 is 22.9 Å². The van der Waals surface area contributed by atoms with Gasteiger partial charge in [0.2, 0.25) is 5.91 Å². The SMILES string of the molecule is CCOC(=O)c1sc(NC(=O)CN2CCN(Cc3ccc(F)c(Cl)c3)CC2)c(C(=O)OCC)c1C. The number of anilines is 1. The zero-order chi connectivity index (χ0) is 25.5. The molecule has 190 valence electrons. The van der Waals surface area contributed by atoms with Crippen molar-refractivity contribution in [1.82, 2.24) is 9.80 Å². The first-order valence-electron chi connectivity index (χ1n) is 11.4. The number of amides is 1. The van der Waals surface area contributed by atoms with Crippen molar-refractivity contribution >= 4 is 45.8 Å². The maximum atomic E-state index is 13.4. The summed E-state index contributed by atoms with van der Waals surface area (Å²) >= 11 is 6.88. The molecule has 0 radical (unpaired) electrons. The summed E-state index contributed by atoms with van der Waals surface area (Å²) in [5.74, 6) is -1.86. The molecular formula is C24H29ClFN3O5S. The molecule has 35 heavy (non-hydrogen) atoms. The van der Waals surface area contributed by atoms with Crippen molar-refractivity contribution < 1.29 is 28.2 Å². The molecule has 1 N–H and O–H groups in total. The monoisotopic (exact) mass is 525 g/mol. The van der Waals surface area contributed by atoms with E-state index in [0.717, 1.165) is 30.0 Å². The van der Waals surface area contributed by atoms with Crippen molar-refractivity contribution in [2.75, 3.05) is 51.3 Å². The molecule has 2 aromatic rings. The standard InChI is InChI=1S/C24H29ClFN3O5S/c1-4-33-23(31)20-15(3)21(24(32)34-5-2)35-22(20)27-19(30)14-29-10-8-28(9-11-29)13-16-6-7-18(26)17(25)12-16/h6-7,12H,4-5,8-11,13-14H2,1-3H3,(H,27,30). The Kier molecular flexibility index (Phi) is 9.62. The summed E-state index contributed by atoms with van der Waals surface area (Å²) in [6.07, 6.45) is 0. The topological polar surface area (TPSA) is 88.2 Å². The van der Waals surface area contributed by atoms with E-state index in [-0.39, 0.29) is 46.1 Å². The Morgan fingerprint density at radius 1 is 1.06 bits per heavy atom. The highest BCUT2D eigenvalue weighted by atomic mass is 35.5. The van der Waals surface area contributed by atoms with Crippen LogP contribution in [0.15, 0.2) is 18.2 Å². The van der Waals surface area contributed by atoms with Crippen LogP contribution in [0.2, 0.25) is 5.02 Å². The molecule has 1 aromatic carbocycles. The second kappa shape index (κ2) is 12.4. The first-order chi connectivity index (χ1) is 16.7. The number of ether oxygens (including phenoxy) is 2. The molecule has 8 nitrogen and oxygen atoms in total. The fraction of sp³-hybridized carbons (Fsp3) is 0.458. The molecule has 0 saturated carbocycles. The summed E-state index contributed by atoms with van der Waals surface area (Å²) in [7, 11) is 0. The van der Waals surface area contributed by atoms with Crippen LogP contribution in [0.3, 0.4) is 0 Å². The number of carbonyl (C=O) groups excluding carboxylic acids is 3. The minimum atomic E-state index is -0.596. The number of carbonyl (C=O) groups is 3. The Bertz CT molecular complexity index is 1090. The van der Waals surface area contributed by atoms with Crippen LogP contribution in [-0.4, -0.2) is 73.6 Å². The summed E-state index contributed by atoms with van der Waals surface area (Å²) in [4.78, 5) is 42.1. The van der Waals surface area contributed by atoms with E-state index in [2.05, 4.69) is 10.2 Å². The van der Waals surface area contributed by atoms with Crippen LogP contribution in [-0.2, 0) is 20.8 Å². The van der Waals surface area contributed by atoms with Gasteiger partial charge in [-0.2, -0.15) is 0 Å². The number of piperazine rings is 1. The van der Waals surface area contributed by atoms with Crippen molar-refractivity contribution in [3.05, 3.63) is 50.6 Å². The molecule has 1 aromatic heterocycles. The lowest BCUT2D eigenvalue weighted by atomic mass is 10.1. The summed E-state index contributed by atoms with van der Waals surface area (Å²) in [6.45, 7) is 9.00. The number of benzene rings is 1. The second-order valence-corrected chi connectivity index (χ2v) is 9.48. The predicted octanol–water partition coefficient (Wildman–Crippen LogP) is 3.96. The summed E-state index contributed by atoms with van der Waals surface area (Å²) in [6, 6.07) is 4.71. The quantitative estimate of drug-likeness (QED) is 0.496. The molecule has 0 spiro atoms. The van der Waals surface area contributed by atoms with Crippen molar-refractivity contribution in [2.24, 2.45) is 0 Å². The molecule has 1 aliphatic rings. The number of hydrogen-bond donors (Lipinski definition) is 1. The van der Waals surface area contributed by atoms with Gasteiger partial charge in [0, 0.05) is 32.7 Å². The molecule has 0 bridgehead atoms. The van der Waals surface area contributed by atoms with Gasteiger partial charge in [-0.15, -0.1) is 11.3 Å². The highest BCUT2D eigenvalue weighted by Gasteiger charge is 2.28. The molecule has 0 atom stereocenters. The number of halogens is 2. The predicted molar refractivity (Wildman–Crippen MR) is 133 cm³/mol.